The van der Waals surface area contributed by atoms with E-state index in [2.05, 4.69) is 35.1 Å². The van der Waals surface area contributed by atoms with Crippen molar-refractivity contribution in [2.24, 2.45) is 11.3 Å². The van der Waals surface area contributed by atoms with E-state index < -0.39 is 25.7 Å². The van der Waals surface area contributed by atoms with Crippen LogP contribution in [0.25, 0.3) is 0 Å². The first-order valence-corrected chi connectivity index (χ1v) is 9.34. The fraction of sp³-hybridized carbons (Fsp3) is 0.462. The average Bonchev–Trinajstić information content (AvgIpc) is 2.95. The van der Waals surface area contributed by atoms with Gasteiger partial charge in [-0.1, -0.05) is 13.8 Å². The highest BCUT2D eigenvalue weighted by Crippen LogP contribution is 2.51. The molecule has 1 atom stereocenters. The summed E-state index contributed by atoms with van der Waals surface area (Å²) in [6, 6.07) is 2.03. The zero-order valence-electron chi connectivity index (χ0n) is 11.4. The minimum absolute atomic E-state index is 0.0756. The lowest BCUT2D eigenvalue weighted by molar-refractivity contribution is 0.0950. The molecule has 8 heteroatoms. The number of amides is 1. The second kappa shape index (κ2) is 5.52. The van der Waals surface area contributed by atoms with E-state index in [4.69, 9.17) is 10.7 Å². The first kappa shape index (κ1) is 16.7. The van der Waals surface area contributed by atoms with E-state index in [-0.39, 0.29) is 15.5 Å². The third-order valence-electron chi connectivity index (χ3n) is 3.75. The maximum absolute atomic E-state index is 13.7. The molecule has 21 heavy (non-hydrogen) atoms. The van der Waals surface area contributed by atoms with Crippen LogP contribution in [0, 0.1) is 17.2 Å². The van der Waals surface area contributed by atoms with E-state index in [9.17, 15) is 17.6 Å². The highest BCUT2D eigenvalue weighted by atomic mass is 79.9. The second-order valence-corrected chi connectivity index (χ2v) is 9.14. The molecule has 2 rings (SSSR count). The molecule has 1 aromatic rings. The van der Waals surface area contributed by atoms with Crippen LogP contribution in [0.4, 0.5) is 4.39 Å². The molecule has 0 bridgehead atoms. The molecule has 0 radical (unpaired) electrons. The van der Waals surface area contributed by atoms with Crippen LogP contribution in [0.1, 0.15) is 30.6 Å². The lowest BCUT2D eigenvalue weighted by Crippen LogP contribution is -2.27. The normalized spacial score (nSPS) is 20.1. The van der Waals surface area contributed by atoms with Crippen LogP contribution in [0.3, 0.4) is 0 Å². The largest absolute Gasteiger partial charge is 0.352 e. The lowest BCUT2D eigenvalue weighted by Gasteiger charge is -2.09. The van der Waals surface area contributed by atoms with Gasteiger partial charge in [0, 0.05) is 22.8 Å². The zero-order chi connectivity index (χ0) is 16.0. The standard InChI is InChI=1S/C13H14BrClFNO3S/c1-13(2)5-8(13)6-17-12(18)7-3-9(16)11(14)10(4-7)21(15,19)20/h3-4,8H,5-6H2,1-2H3,(H,17,18). The van der Waals surface area contributed by atoms with Crippen LogP contribution in [0.5, 0.6) is 0 Å². The predicted molar refractivity (Wildman–Crippen MR) is 81.4 cm³/mol. The molecule has 0 aromatic heterocycles. The number of benzene rings is 1. The Balaban J connectivity index is 2.20. The Kier molecular flexibility index (Phi) is 4.39. The molecular weight excluding hydrogens is 385 g/mol. The fourth-order valence-corrected chi connectivity index (χ4v) is 4.21. The number of hydrogen-bond donors (Lipinski definition) is 1. The van der Waals surface area contributed by atoms with E-state index in [1.165, 1.54) is 0 Å². The Morgan fingerprint density at radius 3 is 2.57 bits per heavy atom. The summed E-state index contributed by atoms with van der Waals surface area (Å²) in [5.41, 5.74) is 0.136. The fourth-order valence-electron chi connectivity index (χ4n) is 2.11. The molecule has 0 spiro atoms. The molecule has 1 amide bonds. The molecule has 1 fully saturated rings. The van der Waals surface area contributed by atoms with Crippen LogP contribution in [0.2, 0.25) is 0 Å². The summed E-state index contributed by atoms with van der Waals surface area (Å²) in [7, 11) is 1.09. The summed E-state index contributed by atoms with van der Waals surface area (Å²) in [4.78, 5) is 11.5. The highest BCUT2D eigenvalue weighted by Gasteiger charge is 2.45. The van der Waals surface area contributed by atoms with Crippen LogP contribution in [-0.4, -0.2) is 20.9 Å². The van der Waals surface area contributed by atoms with Crippen LogP contribution < -0.4 is 5.32 Å². The Hall–Kier alpha value is -0.660. The number of hydrogen-bond acceptors (Lipinski definition) is 3. The molecule has 4 nitrogen and oxygen atoms in total. The summed E-state index contributed by atoms with van der Waals surface area (Å²) >= 11 is 2.82. The van der Waals surface area contributed by atoms with E-state index >= 15 is 0 Å². The van der Waals surface area contributed by atoms with Gasteiger partial charge in [-0.25, -0.2) is 12.8 Å². The van der Waals surface area contributed by atoms with Crippen LogP contribution in [-0.2, 0) is 9.05 Å². The Morgan fingerprint density at radius 2 is 2.10 bits per heavy atom. The monoisotopic (exact) mass is 397 g/mol. The predicted octanol–water partition coefficient (Wildman–Crippen LogP) is 3.29. The summed E-state index contributed by atoms with van der Waals surface area (Å²) in [5.74, 6) is -0.989. The highest BCUT2D eigenvalue weighted by molar-refractivity contribution is 9.10. The van der Waals surface area contributed by atoms with Crippen molar-refractivity contribution in [3.05, 3.63) is 28.0 Å². The molecule has 0 heterocycles. The van der Waals surface area contributed by atoms with E-state index in [1.807, 2.05) is 0 Å². The van der Waals surface area contributed by atoms with Gasteiger partial charge in [0.05, 0.1) is 4.47 Å². The molecule has 1 aliphatic rings. The van der Waals surface area contributed by atoms with Crippen molar-refractivity contribution >= 4 is 41.6 Å². The summed E-state index contributed by atoms with van der Waals surface area (Å²) < 4.78 is 36.2. The second-order valence-electron chi connectivity index (χ2n) is 5.81. The quantitative estimate of drug-likeness (QED) is 0.792. The number of halogens is 3. The summed E-state index contributed by atoms with van der Waals surface area (Å²) in [5, 5.41) is 2.68. The maximum atomic E-state index is 13.7. The van der Waals surface area contributed by atoms with E-state index in [0.29, 0.717) is 12.5 Å². The molecule has 1 N–H and O–H groups in total. The molecule has 0 aliphatic heterocycles. The number of carbonyl (C=O) groups excluding carboxylic acids is 1. The van der Waals surface area contributed by atoms with Gasteiger partial charge in [0.25, 0.3) is 15.0 Å². The average molecular weight is 399 g/mol. The van der Waals surface area contributed by atoms with Crippen molar-refractivity contribution in [1.29, 1.82) is 0 Å². The first-order valence-electron chi connectivity index (χ1n) is 6.24. The lowest BCUT2D eigenvalue weighted by atomic mass is 10.1. The Bertz CT molecular complexity index is 706. The minimum atomic E-state index is -4.14. The molecule has 116 valence electrons. The third kappa shape index (κ3) is 3.76. The van der Waals surface area contributed by atoms with Crippen molar-refractivity contribution in [3.63, 3.8) is 0 Å². The first-order chi connectivity index (χ1) is 9.52. The van der Waals surface area contributed by atoms with E-state index in [1.54, 1.807) is 0 Å². The van der Waals surface area contributed by atoms with Crippen molar-refractivity contribution in [2.75, 3.05) is 6.54 Å². The SMILES string of the molecule is CC1(C)CC1CNC(=O)c1cc(F)c(Br)c(S(=O)(=O)Cl)c1. The topological polar surface area (TPSA) is 63.2 Å². The van der Waals surface area contributed by atoms with Gasteiger partial charge in [0.2, 0.25) is 0 Å². The molecule has 1 unspecified atom stereocenters. The van der Waals surface area contributed by atoms with Gasteiger partial charge in [-0.05, 0) is 45.8 Å². The van der Waals surface area contributed by atoms with Crippen molar-refractivity contribution < 1.29 is 17.6 Å². The van der Waals surface area contributed by atoms with Crippen molar-refractivity contribution in [3.8, 4) is 0 Å². The number of carbonyl (C=O) groups is 1. The van der Waals surface area contributed by atoms with Gasteiger partial charge in [-0.3, -0.25) is 4.79 Å². The Morgan fingerprint density at radius 1 is 1.52 bits per heavy atom. The van der Waals surface area contributed by atoms with Gasteiger partial charge < -0.3 is 5.32 Å². The summed E-state index contributed by atoms with van der Waals surface area (Å²) in [6.07, 6.45) is 1.02. The summed E-state index contributed by atoms with van der Waals surface area (Å²) in [6.45, 7) is 4.68. The van der Waals surface area contributed by atoms with Crippen LogP contribution in [0.15, 0.2) is 21.5 Å². The van der Waals surface area contributed by atoms with Crippen molar-refractivity contribution in [1.82, 2.24) is 5.32 Å². The van der Waals surface area contributed by atoms with Gasteiger partial charge in [-0.15, -0.1) is 0 Å². The van der Waals surface area contributed by atoms with Gasteiger partial charge in [0.1, 0.15) is 10.7 Å². The zero-order valence-corrected chi connectivity index (χ0v) is 14.6. The minimum Gasteiger partial charge on any atom is -0.352 e. The maximum Gasteiger partial charge on any atom is 0.262 e. The smallest absolute Gasteiger partial charge is 0.262 e. The third-order valence-corrected chi connectivity index (χ3v) is 6.16. The molecule has 1 aliphatic carbocycles. The van der Waals surface area contributed by atoms with Gasteiger partial charge in [0.15, 0.2) is 0 Å². The van der Waals surface area contributed by atoms with Crippen LogP contribution >= 0.6 is 26.6 Å². The number of nitrogens with one attached hydrogen (secondary N) is 1. The molecule has 1 aromatic carbocycles. The molecule has 1 saturated carbocycles. The van der Waals surface area contributed by atoms with E-state index in [0.717, 1.165) is 18.6 Å². The molecule has 0 saturated heterocycles. The van der Waals surface area contributed by atoms with Gasteiger partial charge in [-0.2, -0.15) is 0 Å². The van der Waals surface area contributed by atoms with Gasteiger partial charge >= 0.3 is 0 Å². The van der Waals surface area contributed by atoms with Crippen molar-refractivity contribution in [2.45, 2.75) is 25.2 Å². The number of rotatable bonds is 4. The Labute approximate surface area is 135 Å². The molecular formula is C13H14BrClFNO3S.